The van der Waals surface area contributed by atoms with Crippen molar-refractivity contribution in [1.82, 2.24) is 0 Å². The lowest BCUT2D eigenvalue weighted by Crippen LogP contribution is -2.28. The number of alkyl halides is 4. The first-order chi connectivity index (χ1) is 6.34. The van der Waals surface area contributed by atoms with E-state index in [4.69, 9.17) is 9.47 Å². The highest BCUT2D eigenvalue weighted by Gasteiger charge is 2.37. The Labute approximate surface area is 89.9 Å². The fourth-order valence-corrected chi connectivity index (χ4v) is 0.811. The molecule has 0 aromatic heterocycles. The number of ether oxygens (including phenoxy) is 2. The quantitative estimate of drug-likeness (QED) is 0.550. The van der Waals surface area contributed by atoms with Crippen molar-refractivity contribution in [3.63, 3.8) is 0 Å². The molecule has 0 fully saturated rings. The predicted octanol–water partition coefficient (Wildman–Crippen LogP) is 2.75. The standard InChI is InChI=1S/C8H14BrF3O2/c1-6(2)14-4-3-13-5-7(9)8(10,11)12/h6-7H,3-5H2,1-2H3. The molecule has 1 unspecified atom stereocenters. The van der Waals surface area contributed by atoms with Gasteiger partial charge in [-0.25, -0.2) is 0 Å². The number of rotatable bonds is 6. The molecule has 14 heavy (non-hydrogen) atoms. The van der Waals surface area contributed by atoms with Crippen molar-refractivity contribution < 1.29 is 22.6 Å². The van der Waals surface area contributed by atoms with Crippen LogP contribution in [-0.4, -0.2) is 36.9 Å². The lowest BCUT2D eigenvalue weighted by molar-refractivity contribution is -0.138. The molecular formula is C8H14BrF3O2. The third-order valence-corrected chi connectivity index (χ3v) is 2.08. The van der Waals surface area contributed by atoms with Crippen LogP contribution >= 0.6 is 15.9 Å². The average molecular weight is 279 g/mol. The highest BCUT2D eigenvalue weighted by molar-refractivity contribution is 9.09. The van der Waals surface area contributed by atoms with E-state index in [-0.39, 0.29) is 19.3 Å². The molecule has 2 nitrogen and oxygen atoms in total. The van der Waals surface area contributed by atoms with Gasteiger partial charge in [-0.05, 0) is 13.8 Å². The van der Waals surface area contributed by atoms with Crippen LogP contribution in [0.3, 0.4) is 0 Å². The normalized spacial score (nSPS) is 14.8. The van der Waals surface area contributed by atoms with Gasteiger partial charge in [0.25, 0.3) is 0 Å². The number of hydrogen-bond donors (Lipinski definition) is 0. The summed E-state index contributed by atoms with van der Waals surface area (Å²) in [6.07, 6.45) is -4.18. The van der Waals surface area contributed by atoms with E-state index in [2.05, 4.69) is 15.9 Å². The van der Waals surface area contributed by atoms with E-state index in [9.17, 15) is 13.2 Å². The number of halogens is 4. The molecule has 0 rings (SSSR count). The molecule has 1 atom stereocenters. The molecular weight excluding hydrogens is 265 g/mol. The molecule has 0 heterocycles. The first kappa shape index (κ1) is 14.2. The first-order valence-electron chi connectivity index (χ1n) is 4.24. The summed E-state index contributed by atoms with van der Waals surface area (Å²) in [7, 11) is 0. The molecule has 0 amide bonds. The summed E-state index contributed by atoms with van der Waals surface area (Å²) in [5.41, 5.74) is 0. The Hall–Kier alpha value is 0.190. The van der Waals surface area contributed by atoms with Gasteiger partial charge in [-0.15, -0.1) is 0 Å². The molecule has 0 N–H and O–H groups in total. The van der Waals surface area contributed by atoms with Gasteiger partial charge in [-0.1, -0.05) is 15.9 Å². The maximum Gasteiger partial charge on any atom is 0.403 e. The van der Waals surface area contributed by atoms with Crippen molar-refractivity contribution in [2.75, 3.05) is 19.8 Å². The maximum atomic E-state index is 11.9. The summed E-state index contributed by atoms with van der Waals surface area (Å²) in [4.78, 5) is -1.60. The molecule has 0 saturated heterocycles. The summed E-state index contributed by atoms with van der Waals surface area (Å²) in [6.45, 7) is 3.81. The van der Waals surface area contributed by atoms with Crippen LogP contribution in [-0.2, 0) is 9.47 Å². The average Bonchev–Trinajstić information content (AvgIpc) is 2.01. The van der Waals surface area contributed by atoms with Crippen LogP contribution in [0, 0.1) is 0 Å². The van der Waals surface area contributed by atoms with Crippen LogP contribution in [0.15, 0.2) is 0 Å². The maximum absolute atomic E-state index is 11.9. The van der Waals surface area contributed by atoms with Crippen LogP contribution < -0.4 is 0 Å². The van der Waals surface area contributed by atoms with Gasteiger partial charge in [0.1, 0.15) is 4.83 Å². The van der Waals surface area contributed by atoms with E-state index in [0.717, 1.165) is 0 Å². The summed E-state index contributed by atoms with van der Waals surface area (Å²) >= 11 is 2.49. The minimum absolute atomic E-state index is 0.0704. The van der Waals surface area contributed by atoms with Crippen molar-refractivity contribution in [3.8, 4) is 0 Å². The minimum Gasteiger partial charge on any atom is -0.378 e. The Morgan fingerprint density at radius 3 is 2.21 bits per heavy atom. The van der Waals surface area contributed by atoms with Crippen molar-refractivity contribution in [3.05, 3.63) is 0 Å². The van der Waals surface area contributed by atoms with Gasteiger partial charge in [0.2, 0.25) is 0 Å². The van der Waals surface area contributed by atoms with Crippen molar-refractivity contribution in [2.24, 2.45) is 0 Å². The summed E-state index contributed by atoms with van der Waals surface area (Å²) in [6, 6.07) is 0. The second-order valence-electron chi connectivity index (χ2n) is 3.00. The third-order valence-electron chi connectivity index (χ3n) is 1.30. The molecule has 0 saturated carbocycles. The fraction of sp³-hybridized carbons (Fsp3) is 1.00. The summed E-state index contributed by atoms with van der Waals surface area (Å²) in [5, 5.41) is 0. The lowest BCUT2D eigenvalue weighted by Gasteiger charge is -2.14. The van der Waals surface area contributed by atoms with Gasteiger partial charge in [0.15, 0.2) is 0 Å². The molecule has 86 valence electrons. The predicted molar refractivity (Wildman–Crippen MR) is 50.7 cm³/mol. The monoisotopic (exact) mass is 278 g/mol. The van der Waals surface area contributed by atoms with E-state index in [1.165, 1.54) is 0 Å². The van der Waals surface area contributed by atoms with E-state index < -0.39 is 11.0 Å². The molecule has 0 aromatic carbocycles. The van der Waals surface area contributed by atoms with Crippen LogP contribution in [0.2, 0.25) is 0 Å². The topological polar surface area (TPSA) is 18.5 Å². The van der Waals surface area contributed by atoms with E-state index in [1.54, 1.807) is 0 Å². The van der Waals surface area contributed by atoms with E-state index >= 15 is 0 Å². The number of hydrogen-bond acceptors (Lipinski definition) is 2. The second-order valence-corrected chi connectivity index (χ2v) is 4.11. The van der Waals surface area contributed by atoms with Gasteiger partial charge in [-0.2, -0.15) is 13.2 Å². The highest BCUT2D eigenvalue weighted by Crippen LogP contribution is 2.26. The zero-order valence-corrected chi connectivity index (χ0v) is 9.69. The third kappa shape index (κ3) is 7.58. The zero-order valence-electron chi connectivity index (χ0n) is 8.10. The SMILES string of the molecule is CC(C)OCCOCC(Br)C(F)(F)F. The van der Waals surface area contributed by atoms with Gasteiger partial charge in [0, 0.05) is 0 Å². The second kappa shape index (κ2) is 6.63. The zero-order chi connectivity index (χ0) is 11.2. The summed E-state index contributed by atoms with van der Waals surface area (Å²) < 4.78 is 45.7. The minimum atomic E-state index is -4.25. The molecule has 0 aliphatic heterocycles. The molecule has 6 heteroatoms. The highest BCUT2D eigenvalue weighted by atomic mass is 79.9. The van der Waals surface area contributed by atoms with Crippen LogP contribution in [0.25, 0.3) is 0 Å². The lowest BCUT2D eigenvalue weighted by atomic mass is 10.4. The Morgan fingerprint density at radius 2 is 1.79 bits per heavy atom. The van der Waals surface area contributed by atoms with Gasteiger partial charge in [-0.3, -0.25) is 0 Å². The molecule has 0 aliphatic carbocycles. The van der Waals surface area contributed by atoms with Gasteiger partial charge < -0.3 is 9.47 Å². The Balaban J connectivity index is 3.37. The van der Waals surface area contributed by atoms with Crippen LogP contribution in [0.4, 0.5) is 13.2 Å². The fourth-order valence-electron chi connectivity index (χ4n) is 0.624. The molecule has 0 radical (unpaired) electrons. The molecule has 0 aliphatic rings. The summed E-state index contributed by atoms with van der Waals surface area (Å²) in [5.74, 6) is 0. The van der Waals surface area contributed by atoms with Crippen molar-refractivity contribution in [2.45, 2.75) is 31.0 Å². The molecule has 0 bridgehead atoms. The van der Waals surface area contributed by atoms with E-state index in [0.29, 0.717) is 6.61 Å². The Kier molecular flexibility index (Phi) is 6.72. The largest absolute Gasteiger partial charge is 0.403 e. The van der Waals surface area contributed by atoms with Gasteiger partial charge >= 0.3 is 6.18 Å². The Bertz CT molecular complexity index is 150. The van der Waals surface area contributed by atoms with Gasteiger partial charge in [0.05, 0.1) is 25.9 Å². The van der Waals surface area contributed by atoms with Crippen molar-refractivity contribution >= 4 is 15.9 Å². The first-order valence-corrected chi connectivity index (χ1v) is 5.15. The smallest absolute Gasteiger partial charge is 0.378 e. The Morgan fingerprint density at radius 1 is 1.21 bits per heavy atom. The van der Waals surface area contributed by atoms with Crippen molar-refractivity contribution in [1.29, 1.82) is 0 Å². The van der Waals surface area contributed by atoms with E-state index in [1.807, 2.05) is 13.8 Å². The molecule has 0 spiro atoms. The van der Waals surface area contributed by atoms with Crippen LogP contribution in [0.5, 0.6) is 0 Å². The van der Waals surface area contributed by atoms with Crippen LogP contribution in [0.1, 0.15) is 13.8 Å². The molecule has 0 aromatic rings.